The number of hydrogen-bond donors (Lipinski definition) is 0. The molecule has 0 aliphatic rings. The van der Waals surface area contributed by atoms with Crippen molar-refractivity contribution in [3.05, 3.63) is 243 Å². The molecule has 5 aromatic heterocycles. The Bertz CT molecular complexity index is 4270. The van der Waals surface area contributed by atoms with Crippen molar-refractivity contribution in [2.24, 2.45) is 7.05 Å². The molecule has 0 saturated carbocycles. The van der Waals surface area contributed by atoms with Gasteiger partial charge in [0.1, 0.15) is 5.82 Å². The molecule has 0 radical (unpaired) electrons. The number of aromatic nitrogens is 6. The summed E-state index contributed by atoms with van der Waals surface area (Å²) in [6.07, 6.45) is 9.54. The van der Waals surface area contributed by atoms with E-state index in [4.69, 9.17) is 9.72 Å². The molecule has 0 fully saturated rings. The van der Waals surface area contributed by atoms with Crippen molar-refractivity contribution in [1.29, 1.82) is 0 Å². The molecule has 0 spiro atoms. The summed E-state index contributed by atoms with van der Waals surface area (Å²) in [6, 6.07) is 79.3. The second kappa shape index (κ2) is 17.0. The van der Waals surface area contributed by atoms with Crippen LogP contribution >= 0.6 is 0 Å². The Labute approximate surface area is 423 Å². The van der Waals surface area contributed by atoms with Crippen LogP contribution in [0.4, 0.5) is 0 Å². The van der Waals surface area contributed by atoms with Crippen molar-refractivity contribution in [2.45, 2.75) is 0 Å². The Morgan fingerprint density at radius 3 is 1.79 bits per heavy atom. The van der Waals surface area contributed by atoms with Crippen LogP contribution in [0.5, 0.6) is 11.5 Å². The molecule has 14 aromatic rings. The zero-order chi connectivity index (χ0) is 46.3. The van der Waals surface area contributed by atoms with Gasteiger partial charge < -0.3 is 23.0 Å². The molecule has 71 heavy (non-hydrogen) atoms. The molecular weight excluding hydrogens is 1050 g/mol. The topological polar surface area (TPSA) is 45.7 Å². The summed E-state index contributed by atoms with van der Waals surface area (Å²) >= 11 is 0. The van der Waals surface area contributed by atoms with E-state index in [0.29, 0.717) is 11.5 Å². The number of aryl methyl sites for hydroxylation is 1. The molecule has 14 rings (SSSR count). The number of fused-ring (bicyclic) bond motifs is 12. The van der Waals surface area contributed by atoms with E-state index in [1.807, 2.05) is 65.5 Å². The number of hydrogen-bond acceptors (Lipinski definition) is 2. The predicted molar refractivity (Wildman–Crippen MR) is 282 cm³/mol. The van der Waals surface area contributed by atoms with Gasteiger partial charge in [0.05, 0.1) is 27.8 Å². The van der Waals surface area contributed by atoms with E-state index in [9.17, 15) is 0 Å². The van der Waals surface area contributed by atoms with Crippen molar-refractivity contribution >= 4 is 65.4 Å². The first-order valence-corrected chi connectivity index (χ1v) is 23.4. The summed E-state index contributed by atoms with van der Waals surface area (Å²) in [4.78, 5) is 5.02. The van der Waals surface area contributed by atoms with Crippen LogP contribution in [0.3, 0.4) is 0 Å². The Morgan fingerprint density at radius 1 is 0.493 bits per heavy atom. The van der Waals surface area contributed by atoms with Gasteiger partial charge in [-0.25, -0.2) is 4.98 Å². The zero-order valence-corrected chi connectivity index (χ0v) is 40.5. The summed E-state index contributed by atoms with van der Waals surface area (Å²) < 4.78 is 17.9. The number of nitrogens with zero attached hydrogens (tertiary/aromatic N) is 6. The number of ether oxygens (including phenoxy) is 1. The van der Waals surface area contributed by atoms with Gasteiger partial charge in [0.25, 0.3) is 6.33 Å². The molecule has 0 unspecified atom stereocenters. The van der Waals surface area contributed by atoms with Crippen molar-refractivity contribution < 1.29 is 30.4 Å². The van der Waals surface area contributed by atoms with Crippen LogP contribution in [0.25, 0.3) is 111 Å². The van der Waals surface area contributed by atoms with E-state index >= 15 is 0 Å². The molecule has 0 N–H and O–H groups in total. The van der Waals surface area contributed by atoms with Crippen LogP contribution in [0.1, 0.15) is 0 Å². The molecule has 340 valence electrons. The standard InChI is InChI=1S/C63H40N6O.Pt/c1-65-53-31-13-11-27-50(53)57-61(65)58-51-28-12-14-32-54(51)68(44-23-9-4-10-24-44)62(58)59-52-35-34-47(40-55(52)69(63(57)59)56-33-15-16-36-64-56)70-46-26-17-25-45(39-46)66-37-38-67(41-66)60-48(42-19-5-2-6-20-42)29-18-30-49(60)43-21-7-3-8-22-43;/h2-38H,1H3;/q-2;. The fourth-order valence-corrected chi connectivity index (χ4v) is 10.8. The number of rotatable bonds is 8. The van der Waals surface area contributed by atoms with E-state index in [1.165, 1.54) is 21.7 Å². The van der Waals surface area contributed by atoms with E-state index in [0.717, 1.165) is 88.9 Å². The van der Waals surface area contributed by atoms with E-state index < -0.39 is 0 Å². The minimum absolute atomic E-state index is 0. The van der Waals surface area contributed by atoms with Gasteiger partial charge in [-0.05, 0) is 69.7 Å². The smallest absolute Gasteiger partial charge is 0.267 e. The summed E-state index contributed by atoms with van der Waals surface area (Å²) in [5.41, 5.74) is 13.9. The summed E-state index contributed by atoms with van der Waals surface area (Å²) in [5.74, 6) is 1.91. The molecule has 0 atom stereocenters. The minimum Gasteiger partial charge on any atom is -0.510 e. The SMILES string of the molecule is Cn1c2ccccc2c2c1c1c3ccccc3n(-c3ccccc3)c1c1c3ccc(Oc4[c-]c(-[n+]5[c-]n(-c6c(-c7ccccc7)cccc6-c6ccccc6)cc5)ccc4)[c-]c3n(-c3ccccn3)c21.[Pt]. The first-order chi connectivity index (χ1) is 34.7. The molecule has 0 saturated heterocycles. The van der Waals surface area contributed by atoms with Crippen molar-refractivity contribution in [3.63, 3.8) is 0 Å². The molecule has 0 aliphatic heterocycles. The van der Waals surface area contributed by atoms with Gasteiger partial charge in [0, 0.05) is 91.0 Å². The predicted octanol–water partition coefficient (Wildman–Crippen LogP) is 14.5. The maximum atomic E-state index is 6.78. The van der Waals surface area contributed by atoms with Crippen molar-refractivity contribution in [2.75, 3.05) is 0 Å². The fraction of sp³-hybridized carbons (Fsp3) is 0.0159. The van der Waals surface area contributed by atoms with Crippen molar-refractivity contribution in [3.8, 4) is 56.6 Å². The molecule has 0 bridgehead atoms. The summed E-state index contributed by atoms with van der Waals surface area (Å²) in [6.45, 7) is 0. The third-order valence-electron chi connectivity index (χ3n) is 13.7. The second-order valence-corrected chi connectivity index (χ2v) is 17.6. The number of pyridine rings is 1. The summed E-state index contributed by atoms with van der Waals surface area (Å²) in [5, 5.41) is 6.90. The normalized spacial score (nSPS) is 11.6. The molecule has 5 heterocycles. The maximum absolute atomic E-state index is 6.78. The Kier molecular flexibility index (Phi) is 10.2. The van der Waals surface area contributed by atoms with Crippen LogP contribution in [0, 0.1) is 18.5 Å². The van der Waals surface area contributed by atoms with Gasteiger partial charge in [0.2, 0.25) is 0 Å². The van der Waals surface area contributed by atoms with Gasteiger partial charge >= 0.3 is 0 Å². The van der Waals surface area contributed by atoms with Crippen LogP contribution in [0.15, 0.2) is 225 Å². The van der Waals surface area contributed by atoms with Gasteiger partial charge in [-0.15, -0.1) is 24.3 Å². The molecule has 9 aromatic carbocycles. The molecular formula is C63H40N6OPt-2. The number of benzene rings is 9. The maximum Gasteiger partial charge on any atom is 0.267 e. The van der Waals surface area contributed by atoms with Gasteiger partial charge in [-0.2, -0.15) is 18.2 Å². The Balaban J connectivity index is 0.00000492. The van der Waals surface area contributed by atoms with Crippen LogP contribution in [-0.2, 0) is 28.1 Å². The van der Waals surface area contributed by atoms with Gasteiger partial charge in [0.15, 0.2) is 0 Å². The van der Waals surface area contributed by atoms with Gasteiger partial charge in [-0.1, -0.05) is 150 Å². The Hall–Kier alpha value is -8.77. The third kappa shape index (κ3) is 6.69. The third-order valence-corrected chi connectivity index (χ3v) is 13.7. The summed E-state index contributed by atoms with van der Waals surface area (Å²) in [7, 11) is 2.19. The minimum atomic E-state index is 0. The molecule has 7 nitrogen and oxygen atoms in total. The average molecular weight is 1090 g/mol. The van der Waals surface area contributed by atoms with Crippen LogP contribution < -0.4 is 9.30 Å². The molecule has 0 amide bonds. The Morgan fingerprint density at radius 2 is 1.08 bits per heavy atom. The van der Waals surface area contributed by atoms with Crippen LogP contribution in [0.2, 0.25) is 0 Å². The monoisotopic (exact) mass is 1090 g/mol. The van der Waals surface area contributed by atoms with E-state index in [-0.39, 0.29) is 21.1 Å². The molecule has 8 heteroatoms. The average Bonchev–Trinajstić information content (AvgIpc) is 4.20. The van der Waals surface area contributed by atoms with E-state index in [1.54, 1.807) is 0 Å². The van der Waals surface area contributed by atoms with Gasteiger partial charge in [-0.3, -0.25) is 4.57 Å². The first-order valence-electron chi connectivity index (χ1n) is 23.4. The van der Waals surface area contributed by atoms with E-state index in [2.05, 4.69) is 208 Å². The first kappa shape index (κ1) is 42.3. The largest absolute Gasteiger partial charge is 0.510 e. The quantitative estimate of drug-likeness (QED) is 0.112. The fourth-order valence-electron chi connectivity index (χ4n) is 10.8. The number of para-hydroxylation sites is 4. The zero-order valence-electron chi connectivity index (χ0n) is 38.3. The van der Waals surface area contributed by atoms with Crippen molar-refractivity contribution in [1.82, 2.24) is 23.3 Å². The molecule has 0 aliphatic carbocycles. The van der Waals surface area contributed by atoms with Crippen LogP contribution in [-0.4, -0.2) is 23.3 Å². The number of imidazole rings is 1. The second-order valence-electron chi connectivity index (χ2n) is 17.6.